The van der Waals surface area contributed by atoms with Crippen LogP contribution in [-0.2, 0) is 6.54 Å². The van der Waals surface area contributed by atoms with Crippen LogP contribution in [0.2, 0.25) is 0 Å². The zero-order valence-corrected chi connectivity index (χ0v) is 13.2. The lowest BCUT2D eigenvalue weighted by atomic mass is 10.2. The predicted octanol–water partition coefficient (Wildman–Crippen LogP) is 1.72. The monoisotopic (exact) mass is 297 g/mol. The first-order chi connectivity index (χ1) is 9.71. The van der Waals surface area contributed by atoms with Crippen molar-refractivity contribution in [2.45, 2.75) is 50.9 Å². The molecule has 6 nitrogen and oxygen atoms in total. The first-order valence-electron chi connectivity index (χ1n) is 7.08. The van der Waals surface area contributed by atoms with E-state index in [2.05, 4.69) is 38.9 Å². The molecule has 1 aliphatic rings. The van der Waals surface area contributed by atoms with Crippen molar-refractivity contribution in [3.63, 3.8) is 0 Å². The number of rotatable bonds is 5. The zero-order valence-electron chi connectivity index (χ0n) is 12.3. The molecule has 7 heteroatoms. The topological polar surface area (TPSA) is 75.3 Å². The summed E-state index contributed by atoms with van der Waals surface area (Å²) in [5.74, 6) is 2.03. The summed E-state index contributed by atoms with van der Waals surface area (Å²) in [6.45, 7) is 5.13. The molecule has 0 spiro atoms. The number of thioether (sulfide) groups is 1. The SMILES string of the molecule is CCNC(=NCc1noc(C)n1)NC1CCC(SC)C1. The lowest BCUT2D eigenvalue weighted by Crippen LogP contribution is -2.42. The predicted molar refractivity (Wildman–Crippen MR) is 81.9 cm³/mol. The Bertz CT molecular complexity index is 448. The molecule has 1 fully saturated rings. The summed E-state index contributed by atoms with van der Waals surface area (Å²) in [6.07, 6.45) is 5.87. The van der Waals surface area contributed by atoms with Crippen LogP contribution in [0.25, 0.3) is 0 Å². The van der Waals surface area contributed by atoms with Crippen molar-refractivity contribution >= 4 is 17.7 Å². The summed E-state index contributed by atoms with van der Waals surface area (Å²) in [6, 6.07) is 0.511. The number of nitrogens with zero attached hydrogens (tertiary/aromatic N) is 3. The maximum Gasteiger partial charge on any atom is 0.223 e. The summed E-state index contributed by atoms with van der Waals surface area (Å²) in [4.78, 5) is 8.67. The Balaban J connectivity index is 1.89. The van der Waals surface area contributed by atoms with Crippen molar-refractivity contribution in [2.24, 2.45) is 4.99 Å². The third-order valence-electron chi connectivity index (χ3n) is 3.35. The van der Waals surface area contributed by atoms with E-state index >= 15 is 0 Å². The number of hydrogen-bond acceptors (Lipinski definition) is 5. The molecular weight excluding hydrogens is 274 g/mol. The molecule has 1 heterocycles. The molecule has 2 atom stereocenters. The Morgan fingerprint density at radius 1 is 1.50 bits per heavy atom. The molecule has 0 amide bonds. The van der Waals surface area contributed by atoms with Crippen molar-refractivity contribution in [3.8, 4) is 0 Å². The van der Waals surface area contributed by atoms with Crippen LogP contribution in [0.15, 0.2) is 9.52 Å². The average Bonchev–Trinajstić information content (AvgIpc) is 3.05. The van der Waals surface area contributed by atoms with E-state index < -0.39 is 0 Å². The van der Waals surface area contributed by atoms with Gasteiger partial charge in [0.05, 0.1) is 0 Å². The second-order valence-electron chi connectivity index (χ2n) is 4.94. The molecule has 0 aliphatic heterocycles. The third-order valence-corrected chi connectivity index (χ3v) is 4.45. The summed E-state index contributed by atoms with van der Waals surface area (Å²) in [5.41, 5.74) is 0. The van der Waals surface area contributed by atoms with Gasteiger partial charge >= 0.3 is 0 Å². The van der Waals surface area contributed by atoms with E-state index in [-0.39, 0.29) is 0 Å². The molecular formula is C13H23N5OS. The van der Waals surface area contributed by atoms with Gasteiger partial charge in [-0.3, -0.25) is 0 Å². The van der Waals surface area contributed by atoms with Gasteiger partial charge in [-0.05, 0) is 32.4 Å². The third kappa shape index (κ3) is 4.40. The number of aryl methyl sites for hydroxylation is 1. The fourth-order valence-electron chi connectivity index (χ4n) is 2.35. The number of aliphatic imine (C=N–C) groups is 1. The first kappa shape index (κ1) is 15.2. The summed E-state index contributed by atoms with van der Waals surface area (Å²) < 4.78 is 4.94. The van der Waals surface area contributed by atoms with Gasteiger partial charge in [-0.1, -0.05) is 5.16 Å². The number of nitrogens with one attached hydrogen (secondary N) is 2. The summed E-state index contributed by atoms with van der Waals surface area (Å²) in [7, 11) is 0. The molecule has 0 bridgehead atoms. The van der Waals surface area contributed by atoms with E-state index in [4.69, 9.17) is 4.52 Å². The average molecular weight is 297 g/mol. The minimum Gasteiger partial charge on any atom is -0.357 e. The van der Waals surface area contributed by atoms with E-state index in [1.54, 1.807) is 6.92 Å². The van der Waals surface area contributed by atoms with Crippen molar-refractivity contribution < 1.29 is 4.52 Å². The summed E-state index contributed by atoms with van der Waals surface area (Å²) >= 11 is 1.96. The molecule has 1 aromatic rings. The van der Waals surface area contributed by atoms with E-state index in [0.29, 0.717) is 24.3 Å². The minimum atomic E-state index is 0.436. The highest BCUT2D eigenvalue weighted by molar-refractivity contribution is 7.99. The fourth-order valence-corrected chi connectivity index (χ4v) is 3.15. The van der Waals surface area contributed by atoms with Crippen molar-refractivity contribution in [1.82, 2.24) is 20.8 Å². The van der Waals surface area contributed by atoms with E-state index in [0.717, 1.165) is 17.8 Å². The Kier molecular flexibility index (Phi) is 5.70. The lowest BCUT2D eigenvalue weighted by molar-refractivity contribution is 0.387. The van der Waals surface area contributed by atoms with Gasteiger partial charge in [0.2, 0.25) is 5.89 Å². The second-order valence-corrected chi connectivity index (χ2v) is 6.07. The van der Waals surface area contributed by atoms with Gasteiger partial charge in [0.1, 0.15) is 6.54 Å². The molecule has 112 valence electrons. The highest BCUT2D eigenvalue weighted by Crippen LogP contribution is 2.27. The van der Waals surface area contributed by atoms with Crippen LogP contribution in [0.4, 0.5) is 0 Å². The normalized spacial score (nSPS) is 23.1. The van der Waals surface area contributed by atoms with Gasteiger partial charge in [0.25, 0.3) is 0 Å². The Labute approximate surface area is 124 Å². The van der Waals surface area contributed by atoms with Gasteiger partial charge in [0, 0.05) is 24.8 Å². The first-order valence-corrected chi connectivity index (χ1v) is 8.37. The highest BCUT2D eigenvalue weighted by Gasteiger charge is 2.24. The van der Waals surface area contributed by atoms with Gasteiger partial charge < -0.3 is 15.2 Å². The van der Waals surface area contributed by atoms with E-state index in [9.17, 15) is 0 Å². The summed E-state index contributed by atoms with van der Waals surface area (Å²) in [5, 5.41) is 11.4. The molecule has 0 aromatic carbocycles. The number of guanidine groups is 1. The van der Waals surface area contributed by atoms with Gasteiger partial charge in [-0.25, -0.2) is 4.99 Å². The Hall–Kier alpha value is -1.24. The zero-order chi connectivity index (χ0) is 14.4. The van der Waals surface area contributed by atoms with Crippen LogP contribution < -0.4 is 10.6 Å². The molecule has 1 aliphatic carbocycles. The van der Waals surface area contributed by atoms with Crippen LogP contribution in [0.1, 0.15) is 37.9 Å². The maximum atomic E-state index is 4.94. The standard InChI is InChI=1S/C13H23N5OS/c1-4-14-13(15-8-12-16-9(2)19-18-12)17-10-5-6-11(7-10)20-3/h10-11H,4-8H2,1-3H3,(H2,14,15,17). The number of aromatic nitrogens is 2. The van der Waals surface area contributed by atoms with Gasteiger partial charge in [-0.2, -0.15) is 16.7 Å². The number of hydrogen-bond donors (Lipinski definition) is 2. The largest absolute Gasteiger partial charge is 0.357 e. The minimum absolute atomic E-state index is 0.436. The molecule has 0 radical (unpaired) electrons. The van der Waals surface area contributed by atoms with E-state index in [1.165, 1.54) is 19.3 Å². The van der Waals surface area contributed by atoms with Crippen LogP contribution >= 0.6 is 11.8 Å². The van der Waals surface area contributed by atoms with E-state index in [1.807, 2.05) is 11.8 Å². The van der Waals surface area contributed by atoms with Crippen LogP contribution in [0.5, 0.6) is 0 Å². The molecule has 2 rings (SSSR count). The van der Waals surface area contributed by atoms with Gasteiger partial charge in [0.15, 0.2) is 11.8 Å². The van der Waals surface area contributed by atoms with Gasteiger partial charge in [-0.15, -0.1) is 0 Å². The lowest BCUT2D eigenvalue weighted by Gasteiger charge is -2.16. The molecule has 2 N–H and O–H groups in total. The molecule has 0 saturated heterocycles. The van der Waals surface area contributed by atoms with Crippen LogP contribution in [-0.4, -0.2) is 40.2 Å². The Morgan fingerprint density at radius 3 is 2.95 bits per heavy atom. The highest BCUT2D eigenvalue weighted by atomic mass is 32.2. The molecule has 1 aromatic heterocycles. The fraction of sp³-hybridized carbons (Fsp3) is 0.769. The van der Waals surface area contributed by atoms with Crippen LogP contribution in [0.3, 0.4) is 0 Å². The van der Waals surface area contributed by atoms with Crippen molar-refractivity contribution in [1.29, 1.82) is 0 Å². The van der Waals surface area contributed by atoms with Crippen LogP contribution in [0, 0.1) is 6.92 Å². The maximum absolute atomic E-state index is 4.94. The molecule has 20 heavy (non-hydrogen) atoms. The quantitative estimate of drug-likeness (QED) is 0.636. The Morgan fingerprint density at radius 2 is 2.35 bits per heavy atom. The smallest absolute Gasteiger partial charge is 0.223 e. The molecule has 2 unspecified atom stereocenters. The molecule has 1 saturated carbocycles. The van der Waals surface area contributed by atoms with Crippen molar-refractivity contribution in [3.05, 3.63) is 11.7 Å². The van der Waals surface area contributed by atoms with Crippen molar-refractivity contribution in [2.75, 3.05) is 12.8 Å². The second kappa shape index (κ2) is 7.52.